The Kier molecular flexibility index (Phi) is 6.69. The van der Waals surface area contributed by atoms with Gasteiger partial charge in [0.05, 0.1) is 6.42 Å². The van der Waals surface area contributed by atoms with Crippen LogP contribution in [0.3, 0.4) is 0 Å². The van der Waals surface area contributed by atoms with E-state index in [1.54, 1.807) is 11.8 Å². The highest BCUT2D eigenvalue weighted by Gasteiger charge is 2.21. The Morgan fingerprint density at radius 1 is 1.05 bits per heavy atom. The van der Waals surface area contributed by atoms with Gasteiger partial charge in [0.2, 0.25) is 0 Å². The van der Waals surface area contributed by atoms with Gasteiger partial charge in [-0.2, -0.15) is 0 Å². The van der Waals surface area contributed by atoms with Crippen LogP contribution in [0.4, 0.5) is 11.4 Å². The number of anilines is 2. The lowest BCUT2D eigenvalue weighted by Gasteiger charge is -2.29. The van der Waals surface area contributed by atoms with Crippen molar-refractivity contribution in [3.63, 3.8) is 0 Å². The molecule has 2 N–H and O–H groups in total. The number of rotatable bonds is 9. The maximum atomic E-state index is 11.2. The van der Waals surface area contributed by atoms with Crippen LogP contribution in [0.15, 0.2) is 24.3 Å². The van der Waals surface area contributed by atoms with Crippen LogP contribution < -0.4 is 9.80 Å². The highest BCUT2D eigenvalue weighted by molar-refractivity contribution is 5.78. The molecular formula is C16H24N2O4. The first-order valence-corrected chi connectivity index (χ1v) is 7.46. The molecule has 0 saturated carbocycles. The molecule has 0 spiro atoms. The molecule has 1 aromatic rings. The number of nitrogens with zero attached hydrogens (tertiary/aromatic N) is 2. The van der Waals surface area contributed by atoms with Gasteiger partial charge in [0.25, 0.3) is 0 Å². The molecule has 0 aromatic heterocycles. The maximum Gasteiger partial charge on any atom is 0.326 e. The van der Waals surface area contributed by atoms with E-state index in [-0.39, 0.29) is 13.0 Å². The van der Waals surface area contributed by atoms with Crippen molar-refractivity contribution in [3.8, 4) is 0 Å². The van der Waals surface area contributed by atoms with Gasteiger partial charge in [0.15, 0.2) is 0 Å². The minimum absolute atomic E-state index is 0.102. The fourth-order valence-electron chi connectivity index (χ4n) is 2.34. The van der Waals surface area contributed by atoms with E-state index in [9.17, 15) is 14.7 Å². The molecule has 0 aliphatic rings. The minimum atomic E-state index is -0.974. The lowest BCUT2D eigenvalue weighted by Crippen LogP contribution is -2.40. The zero-order valence-electron chi connectivity index (χ0n) is 13.3. The molecule has 6 nitrogen and oxygen atoms in total. The number of aliphatic carboxylic acids is 2. The molecule has 1 unspecified atom stereocenters. The van der Waals surface area contributed by atoms with E-state index in [0.717, 1.165) is 18.8 Å². The standard InChI is InChI=1S/C16H24N2O4/c1-4-17(5-2)13-6-8-14(9-7-13)18(11-10-15(19)20)12(3)16(21)22/h6-9,12H,4-5,10-11H2,1-3H3,(H,19,20)(H,21,22). The van der Waals surface area contributed by atoms with Gasteiger partial charge < -0.3 is 20.0 Å². The second-order valence-electron chi connectivity index (χ2n) is 5.04. The zero-order chi connectivity index (χ0) is 16.7. The maximum absolute atomic E-state index is 11.2. The van der Waals surface area contributed by atoms with Crippen LogP contribution in [0.5, 0.6) is 0 Å². The molecule has 1 rings (SSSR count). The Hall–Kier alpha value is -2.24. The topological polar surface area (TPSA) is 81.1 Å². The van der Waals surface area contributed by atoms with Crippen LogP contribution in [0.2, 0.25) is 0 Å². The molecule has 0 amide bonds. The van der Waals surface area contributed by atoms with Gasteiger partial charge in [-0.3, -0.25) is 4.79 Å². The quantitative estimate of drug-likeness (QED) is 0.728. The zero-order valence-corrected chi connectivity index (χ0v) is 13.3. The van der Waals surface area contributed by atoms with Gasteiger partial charge in [-0.15, -0.1) is 0 Å². The van der Waals surface area contributed by atoms with Crippen molar-refractivity contribution in [3.05, 3.63) is 24.3 Å². The normalized spacial score (nSPS) is 11.8. The monoisotopic (exact) mass is 308 g/mol. The van der Waals surface area contributed by atoms with Crippen molar-refractivity contribution in [1.82, 2.24) is 0 Å². The molecular weight excluding hydrogens is 284 g/mol. The van der Waals surface area contributed by atoms with Crippen LogP contribution in [-0.2, 0) is 9.59 Å². The summed E-state index contributed by atoms with van der Waals surface area (Å²) in [4.78, 5) is 25.8. The average molecular weight is 308 g/mol. The largest absolute Gasteiger partial charge is 0.481 e. The molecule has 0 saturated heterocycles. The number of hydrogen-bond acceptors (Lipinski definition) is 4. The second-order valence-corrected chi connectivity index (χ2v) is 5.04. The van der Waals surface area contributed by atoms with E-state index >= 15 is 0 Å². The summed E-state index contributed by atoms with van der Waals surface area (Å²) in [6.07, 6.45) is -0.102. The Labute approximate surface area is 131 Å². The molecule has 1 atom stereocenters. The third-order valence-electron chi connectivity index (χ3n) is 3.70. The molecule has 22 heavy (non-hydrogen) atoms. The molecule has 0 aliphatic heterocycles. The Morgan fingerprint density at radius 2 is 1.55 bits per heavy atom. The SMILES string of the molecule is CCN(CC)c1ccc(N(CCC(=O)O)C(C)C(=O)O)cc1. The summed E-state index contributed by atoms with van der Waals surface area (Å²) in [7, 11) is 0. The van der Waals surface area contributed by atoms with Crippen molar-refractivity contribution >= 4 is 23.3 Å². The van der Waals surface area contributed by atoms with E-state index in [1.165, 1.54) is 0 Å². The fraction of sp³-hybridized carbons (Fsp3) is 0.500. The Bertz CT molecular complexity index is 497. The third-order valence-corrected chi connectivity index (χ3v) is 3.70. The molecule has 0 radical (unpaired) electrons. The first-order chi connectivity index (χ1) is 10.4. The first-order valence-electron chi connectivity index (χ1n) is 7.46. The van der Waals surface area contributed by atoms with E-state index in [0.29, 0.717) is 5.69 Å². The summed E-state index contributed by atoms with van der Waals surface area (Å²) in [5, 5.41) is 18.0. The first kappa shape index (κ1) is 17.8. The highest BCUT2D eigenvalue weighted by Crippen LogP contribution is 2.22. The van der Waals surface area contributed by atoms with Crippen molar-refractivity contribution in [2.75, 3.05) is 29.4 Å². The van der Waals surface area contributed by atoms with Crippen molar-refractivity contribution in [2.45, 2.75) is 33.2 Å². The van der Waals surface area contributed by atoms with Crippen LogP contribution in [0.25, 0.3) is 0 Å². The smallest absolute Gasteiger partial charge is 0.326 e. The molecule has 122 valence electrons. The molecule has 0 fully saturated rings. The molecule has 0 aliphatic carbocycles. The third kappa shape index (κ3) is 4.65. The average Bonchev–Trinajstić information content (AvgIpc) is 2.49. The molecule has 0 bridgehead atoms. The number of hydrogen-bond donors (Lipinski definition) is 2. The van der Waals surface area contributed by atoms with Crippen LogP contribution >= 0.6 is 0 Å². The Balaban J connectivity index is 2.98. The van der Waals surface area contributed by atoms with Gasteiger partial charge in [0.1, 0.15) is 6.04 Å². The highest BCUT2D eigenvalue weighted by atomic mass is 16.4. The van der Waals surface area contributed by atoms with Crippen LogP contribution in [0, 0.1) is 0 Å². The Morgan fingerprint density at radius 3 is 1.95 bits per heavy atom. The summed E-state index contributed by atoms with van der Waals surface area (Å²) in [5.41, 5.74) is 1.78. The predicted octanol–water partition coefficient (Wildman–Crippen LogP) is 2.29. The van der Waals surface area contributed by atoms with E-state index in [1.807, 2.05) is 24.3 Å². The van der Waals surface area contributed by atoms with Gasteiger partial charge in [0, 0.05) is 31.0 Å². The second kappa shape index (κ2) is 8.26. The van der Waals surface area contributed by atoms with E-state index < -0.39 is 18.0 Å². The van der Waals surface area contributed by atoms with Crippen LogP contribution in [-0.4, -0.2) is 47.8 Å². The number of benzene rings is 1. The number of carbonyl (C=O) groups is 2. The van der Waals surface area contributed by atoms with Crippen molar-refractivity contribution < 1.29 is 19.8 Å². The van der Waals surface area contributed by atoms with Gasteiger partial charge in [-0.05, 0) is 45.0 Å². The van der Waals surface area contributed by atoms with E-state index in [2.05, 4.69) is 18.7 Å². The summed E-state index contributed by atoms with van der Waals surface area (Å²) >= 11 is 0. The fourth-order valence-corrected chi connectivity index (χ4v) is 2.34. The molecule has 0 heterocycles. The summed E-state index contributed by atoms with van der Waals surface area (Å²) in [6, 6.07) is 6.78. The van der Waals surface area contributed by atoms with Crippen molar-refractivity contribution in [1.29, 1.82) is 0 Å². The number of carboxylic acid groups (broad SMARTS) is 2. The van der Waals surface area contributed by atoms with Crippen LogP contribution in [0.1, 0.15) is 27.2 Å². The lowest BCUT2D eigenvalue weighted by atomic mass is 10.2. The van der Waals surface area contributed by atoms with Crippen molar-refractivity contribution in [2.24, 2.45) is 0 Å². The summed E-state index contributed by atoms with van der Waals surface area (Å²) in [5.74, 6) is -1.92. The number of carboxylic acids is 2. The predicted molar refractivity (Wildman–Crippen MR) is 86.7 cm³/mol. The van der Waals surface area contributed by atoms with Gasteiger partial charge >= 0.3 is 11.9 Å². The lowest BCUT2D eigenvalue weighted by molar-refractivity contribution is -0.139. The summed E-state index contributed by atoms with van der Waals surface area (Å²) < 4.78 is 0. The molecule has 1 aromatic carbocycles. The molecule has 6 heteroatoms. The van der Waals surface area contributed by atoms with E-state index in [4.69, 9.17) is 5.11 Å². The van der Waals surface area contributed by atoms with Gasteiger partial charge in [-0.1, -0.05) is 0 Å². The summed E-state index contributed by atoms with van der Waals surface area (Å²) in [6.45, 7) is 7.65. The van der Waals surface area contributed by atoms with Gasteiger partial charge in [-0.25, -0.2) is 4.79 Å². The minimum Gasteiger partial charge on any atom is -0.481 e.